The van der Waals surface area contributed by atoms with Gasteiger partial charge in [0, 0.05) is 11.5 Å². The van der Waals surface area contributed by atoms with Crippen molar-refractivity contribution in [2.75, 3.05) is 14.2 Å². The Morgan fingerprint density at radius 3 is 2.00 bits per heavy atom. The van der Waals surface area contributed by atoms with Crippen LogP contribution in [-0.4, -0.2) is 37.0 Å². The molecule has 4 aliphatic rings. The van der Waals surface area contributed by atoms with Crippen LogP contribution in [0.25, 0.3) is 0 Å². The van der Waals surface area contributed by atoms with Crippen molar-refractivity contribution < 1.29 is 28.7 Å². The lowest BCUT2D eigenvalue weighted by molar-refractivity contribution is -0.385. The maximum Gasteiger partial charge on any atom is 0.346 e. The number of nitrogens with zero attached hydrogens (tertiary/aromatic N) is 1. The van der Waals surface area contributed by atoms with Crippen molar-refractivity contribution in [3.8, 4) is 11.5 Å². The molecule has 4 aliphatic carbocycles. The standard InChI is InChI=1S/C22H27NO7/c1-12(20(24)22-9-13-4-14(10-22)6-15(5-13)11-22)30-21(25)16-7-18(28-2)19(29-3)8-17(16)23(26)27/h7-8,12-15H,4-6,9-11H2,1-3H3/t12-,13?,14?,15?,22?/m0/s1. The van der Waals surface area contributed by atoms with Crippen LogP contribution < -0.4 is 9.47 Å². The van der Waals surface area contributed by atoms with E-state index in [1.54, 1.807) is 6.92 Å². The Balaban J connectivity index is 1.55. The monoisotopic (exact) mass is 417 g/mol. The molecule has 30 heavy (non-hydrogen) atoms. The van der Waals surface area contributed by atoms with Crippen LogP contribution in [0.4, 0.5) is 5.69 Å². The first-order valence-electron chi connectivity index (χ1n) is 10.4. The lowest BCUT2D eigenvalue weighted by Gasteiger charge is -2.56. The number of hydrogen-bond donors (Lipinski definition) is 0. The van der Waals surface area contributed by atoms with Gasteiger partial charge in [-0.3, -0.25) is 14.9 Å². The van der Waals surface area contributed by atoms with Gasteiger partial charge < -0.3 is 14.2 Å². The molecular formula is C22H27NO7. The zero-order chi connectivity index (χ0) is 21.6. The van der Waals surface area contributed by atoms with Crippen molar-refractivity contribution in [1.82, 2.24) is 0 Å². The third kappa shape index (κ3) is 3.42. The van der Waals surface area contributed by atoms with Gasteiger partial charge in [0.25, 0.3) is 5.69 Å². The summed E-state index contributed by atoms with van der Waals surface area (Å²) in [5.74, 6) is 1.14. The van der Waals surface area contributed by atoms with Crippen LogP contribution in [0.1, 0.15) is 55.8 Å². The first kappa shape index (κ1) is 20.6. The Kier molecular flexibility index (Phi) is 5.20. The van der Waals surface area contributed by atoms with Crippen LogP contribution in [0.15, 0.2) is 12.1 Å². The van der Waals surface area contributed by atoms with E-state index in [0.29, 0.717) is 17.8 Å². The van der Waals surface area contributed by atoms with E-state index >= 15 is 0 Å². The average molecular weight is 417 g/mol. The predicted octanol–water partition coefficient (Wildman–Crippen LogP) is 3.94. The Morgan fingerprint density at radius 1 is 1.03 bits per heavy atom. The zero-order valence-corrected chi connectivity index (χ0v) is 17.5. The fourth-order valence-corrected chi connectivity index (χ4v) is 6.30. The first-order valence-corrected chi connectivity index (χ1v) is 10.4. The van der Waals surface area contributed by atoms with E-state index < -0.39 is 28.1 Å². The van der Waals surface area contributed by atoms with Gasteiger partial charge in [-0.25, -0.2) is 4.79 Å². The highest BCUT2D eigenvalue weighted by molar-refractivity contribution is 5.98. The second-order valence-corrected chi connectivity index (χ2v) is 9.09. The van der Waals surface area contributed by atoms with Crippen molar-refractivity contribution in [3.63, 3.8) is 0 Å². The van der Waals surface area contributed by atoms with Gasteiger partial charge in [0.2, 0.25) is 0 Å². The fraction of sp³-hybridized carbons (Fsp3) is 0.636. The number of benzene rings is 1. The van der Waals surface area contributed by atoms with Crippen LogP contribution in [0.3, 0.4) is 0 Å². The first-order chi connectivity index (χ1) is 14.3. The minimum absolute atomic E-state index is 0.0434. The van der Waals surface area contributed by atoms with Gasteiger partial charge in [-0.2, -0.15) is 0 Å². The largest absolute Gasteiger partial charge is 0.493 e. The van der Waals surface area contributed by atoms with Crippen LogP contribution in [0, 0.1) is 33.3 Å². The van der Waals surface area contributed by atoms with Crippen LogP contribution in [0.2, 0.25) is 0 Å². The van der Waals surface area contributed by atoms with Crippen molar-refractivity contribution in [2.24, 2.45) is 23.2 Å². The summed E-state index contributed by atoms with van der Waals surface area (Å²) >= 11 is 0. The molecule has 1 atom stereocenters. The predicted molar refractivity (Wildman–Crippen MR) is 107 cm³/mol. The van der Waals surface area contributed by atoms with Crippen molar-refractivity contribution >= 4 is 17.4 Å². The molecule has 0 amide bonds. The molecule has 1 aromatic rings. The number of methoxy groups -OCH3 is 2. The van der Waals surface area contributed by atoms with E-state index in [1.165, 1.54) is 39.5 Å². The summed E-state index contributed by atoms with van der Waals surface area (Å²) in [5.41, 5.74) is -1.12. The molecule has 8 heteroatoms. The molecule has 8 nitrogen and oxygen atoms in total. The van der Waals surface area contributed by atoms with E-state index in [-0.39, 0.29) is 22.8 Å². The number of carbonyl (C=O) groups excluding carboxylic acids is 2. The molecule has 4 saturated carbocycles. The van der Waals surface area contributed by atoms with Crippen LogP contribution >= 0.6 is 0 Å². The maximum atomic E-state index is 13.4. The quantitative estimate of drug-likeness (QED) is 0.376. The van der Waals surface area contributed by atoms with E-state index in [4.69, 9.17) is 14.2 Å². The number of hydrogen-bond acceptors (Lipinski definition) is 7. The van der Waals surface area contributed by atoms with Gasteiger partial charge >= 0.3 is 5.97 Å². The third-order valence-corrected chi connectivity index (χ3v) is 7.13. The molecule has 5 rings (SSSR count). The fourth-order valence-electron chi connectivity index (χ4n) is 6.30. The molecule has 0 radical (unpaired) electrons. The highest BCUT2D eigenvalue weighted by Crippen LogP contribution is 2.60. The summed E-state index contributed by atoms with van der Waals surface area (Å²) in [6, 6.07) is 2.35. The lowest BCUT2D eigenvalue weighted by atomic mass is 9.48. The minimum atomic E-state index is -0.957. The molecule has 4 bridgehead atoms. The van der Waals surface area contributed by atoms with E-state index in [1.807, 2.05) is 0 Å². The summed E-state index contributed by atoms with van der Waals surface area (Å²) in [5, 5.41) is 11.5. The molecule has 4 fully saturated rings. The average Bonchev–Trinajstić information content (AvgIpc) is 2.70. The molecule has 1 aromatic carbocycles. The topological polar surface area (TPSA) is 105 Å². The number of nitro groups is 1. The number of rotatable bonds is 7. The Morgan fingerprint density at radius 2 is 1.53 bits per heavy atom. The second kappa shape index (κ2) is 7.56. The summed E-state index contributed by atoms with van der Waals surface area (Å²) in [6.07, 6.45) is 5.28. The van der Waals surface area contributed by atoms with E-state index in [2.05, 4.69) is 0 Å². The number of Topliss-reactive ketones (excluding diaryl/α,β-unsaturated/α-hetero) is 1. The molecule has 162 valence electrons. The van der Waals surface area contributed by atoms with Gasteiger partial charge in [0.15, 0.2) is 23.4 Å². The molecular weight excluding hydrogens is 390 g/mol. The van der Waals surface area contributed by atoms with Crippen molar-refractivity contribution in [3.05, 3.63) is 27.8 Å². The Hall–Kier alpha value is -2.64. The van der Waals surface area contributed by atoms with E-state index in [0.717, 1.165) is 25.3 Å². The number of nitro benzene ring substituents is 1. The highest BCUT2D eigenvalue weighted by Gasteiger charge is 2.55. The summed E-state index contributed by atoms with van der Waals surface area (Å²) in [4.78, 5) is 37.0. The van der Waals surface area contributed by atoms with Gasteiger partial charge in [0.1, 0.15) is 5.56 Å². The Bertz CT molecular complexity index is 858. The Labute approximate surface area is 175 Å². The van der Waals surface area contributed by atoms with Gasteiger partial charge in [-0.15, -0.1) is 0 Å². The SMILES string of the molecule is COc1cc(C(=O)O[C@@H](C)C(=O)C23CC4CC(CC(C4)C2)C3)c([N+](=O)[O-])cc1OC. The molecule has 0 aliphatic heterocycles. The normalized spacial score (nSPS) is 29.9. The highest BCUT2D eigenvalue weighted by atomic mass is 16.6. The number of carbonyl (C=O) groups is 2. The summed E-state index contributed by atoms with van der Waals surface area (Å²) < 4.78 is 15.7. The molecule has 0 unspecified atom stereocenters. The van der Waals surface area contributed by atoms with Crippen molar-refractivity contribution in [2.45, 2.75) is 51.6 Å². The summed E-state index contributed by atoms with van der Waals surface area (Å²) in [7, 11) is 2.73. The van der Waals surface area contributed by atoms with Crippen molar-refractivity contribution in [1.29, 1.82) is 0 Å². The lowest BCUT2D eigenvalue weighted by Crippen LogP contribution is -2.52. The molecule has 0 heterocycles. The third-order valence-electron chi connectivity index (χ3n) is 7.13. The molecule has 0 spiro atoms. The number of ketones is 1. The van der Waals surface area contributed by atoms with Gasteiger partial charge in [-0.05, 0) is 63.2 Å². The van der Waals surface area contributed by atoms with E-state index in [9.17, 15) is 19.7 Å². The zero-order valence-electron chi connectivity index (χ0n) is 17.5. The number of esters is 1. The smallest absolute Gasteiger partial charge is 0.346 e. The van der Waals surface area contributed by atoms with Gasteiger partial charge in [-0.1, -0.05) is 0 Å². The molecule has 0 N–H and O–H groups in total. The maximum absolute atomic E-state index is 13.4. The van der Waals surface area contributed by atoms with Crippen LogP contribution in [0.5, 0.6) is 11.5 Å². The van der Waals surface area contributed by atoms with Gasteiger partial charge in [0.05, 0.1) is 25.2 Å². The number of ether oxygens (including phenoxy) is 3. The minimum Gasteiger partial charge on any atom is -0.493 e. The molecule has 0 saturated heterocycles. The van der Waals surface area contributed by atoms with Crippen LogP contribution in [-0.2, 0) is 9.53 Å². The molecule has 0 aromatic heterocycles. The second-order valence-electron chi connectivity index (χ2n) is 9.09. The summed E-state index contributed by atoms with van der Waals surface area (Å²) in [6.45, 7) is 1.57.